The molecule has 21 heavy (non-hydrogen) atoms. The molecule has 1 fully saturated rings. The molecule has 2 N–H and O–H groups in total. The Bertz CT molecular complexity index is 616. The number of alkyl halides is 3. The average molecular weight is 388 g/mol. The number of hydrogen-bond donors (Lipinski definition) is 2. The Morgan fingerprint density at radius 1 is 1.19 bits per heavy atom. The van der Waals surface area contributed by atoms with Crippen molar-refractivity contribution in [2.24, 2.45) is 0 Å². The summed E-state index contributed by atoms with van der Waals surface area (Å²) in [5.41, 5.74) is -1.05. The van der Waals surface area contributed by atoms with Crippen LogP contribution in [0.2, 0.25) is 0 Å². The largest absolute Gasteiger partial charge is 0.416 e. The highest BCUT2D eigenvalue weighted by atomic mass is 79.9. The van der Waals surface area contributed by atoms with Gasteiger partial charge >= 0.3 is 16.4 Å². The highest BCUT2D eigenvalue weighted by Gasteiger charge is 2.32. The molecule has 0 aliphatic carbocycles. The molecule has 0 saturated carbocycles. The van der Waals surface area contributed by atoms with Crippen LogP contribution in [0.1, 0.15) is 5.56 Å². The lowest BCUT2D eigenvalue weighted by Gasteiger charge is -2.27. The van der Waals surface area contributed by atoms with Gasteiger partial charge in [0, 0.05) is 30.7 Å². The smallest absolute Gasteiger partial charge is 0.314 e. The summed E-state index contributed by atoms with van der Waals surface area (Å²) in [6, 6.07) is 2.95. The molecule has 1 aliphatic rings. The van der Waals surface area contributed by atoms with Gasteiger partial charge in [0.1, 0.15) is 0 Å². The molecule has 118 valence electrons. The maximum Gasteiger partial charge on any atom is 0.416 e. The number of hydrogen-bond acceptors (Lipinski definition) is 3. The van der Waals surface area contributed by atoms with E-state index in [0.717, 1.165) is 12.1 Å². The fourth-order valence-corrected chi connectivity index (χ4v) is 3.61. The molecule has 0 radical (unpaired) electrons. The van der Waals surface area contributed by atoms with Gasteiger partial charge in [-0.15, -0.1) is 0 Å². The van der Waals surface area contributed by atoms with E-state index in [0.29, 0.717) is 13.1 Å². The predicted octanol–water partition coefficient (Wildman–Crippen LogP) is 2.03. The molecule has 1 aromatic carbocycles. The van der Waals surface area contributed by atoms with Crippen LogP contribution in [0.15, 0.2) is 22.7 Å². The molecule has 0 bridgehead atoms. The van der Waals surface area contributed by atoms with Gasteiger partial charge < -0.3 is 5.32 Å². The molecule has 1 aliphatic heterocycles. The Morgan fingerprint density at radius 3 is 2.38 bits per heavy atom. The van der Waals surface area contributed by atoms with Gasteiger partial charge in [0.05, 0.1) is 11.3 Å². The first-order valence-electron chi connectivity index (χ1n) is 6.05. The molecule has 0 aromatic heterocycles. The second-order valence-corrected chi connectivity index (χ2v) is 7.07. The minimum absolute atomic E-state index is 0.129. The van der Waals surface area contributed by atoms with E-state index in [1.165, 1.54) is 10.4 Å². The molecule has 1 heterocycles. The van der Waals surface area contributed by atoms with E-state index in [-0.39, 0.29) is 23.2 Å². The zero-order valence-electron chi connectivity index (χ0n) is 10.7. The third kappa shape index (κ3) is 4.31. The molecule has 2 rings (SSSR count). The monoisotopic (exact) mass is 387 g/mol. The number of anilines is 1. The standard InChI is InChI=1S/C11H13BrF3N3O2S/c12-9-5-8(11(13,14)15)6-10(7-9)17-21(19,20)18-3-1-16-2-4-18/h5-7,16-17H,1-4H2. The van der Waals surface area contributed by atoms with E-state index in [2.05, 4.69) is 26.0 Å². The van der Waals surface area contributed by atoms with Crippen LogP contribution in [0, 0.1) is 0 Å². The van der Waals surface area contributed by atoms with Crippen molar-refractivity contribution >= 4 is 31.8 Å². The SMILES string of the molecule is O=S(=O)(Nc1cc(Br)cc(C(F)(F)F)c1)N1CCNCC1. The number of nitrogens with one attached hydrogen (secondary N) is 2. The zero-order valence-corrected chi connectivity index (χ0v) is 13.1. The minimum atomic E-state index is -4.54. The predicted molar refractivity (Wildman–Crippen MR) is 76.1 cm³/mol. The molecule has 10 heteroatoms. The quantitative estimate of drug-likeness (QED) is 0.833. The Balaban J connectivity index is 2.24. The van der Waals surface area contributed by atoms with Crippen molar-refractivity contribution in [3.8, 4) is 0 Å². The van der Waals surface area contributed by atoms with Crippen molar-refractivity contribution < 1.29 is 21.6 Å². The van der Waals surface area contributed by atoms with Crippen molar-refractivity contribution in [1.29, 1.82) is 0 Å². The molecule has 5 nitrogen and oxygen atoms in total. The zero-order chi connectivity index (χ0) is 15.7. The summed E-state index contributed by atoms with van der Waals surface area (Å²) in [5, 5.41) is 3.00. The van der Waals surface area contributed by atoms with Gasteiger partial charge in [-0.2, -0.15) is 25.9 Å². The first kappa shape index (κ1) is 16.5. The topological polar surface area (TPSA) is 61.4 Å². The summed E-state index contributed by atoms with van der Waals surface area (Å²) >= 11 is 2.95. The van der Waals surface area contributed by atoms with Crippen LogP contribution in [-0.4, -0.2) is 38.9 Å². The van der Waals surface area contributed by atoms with Crippen molar-refractivity contribution in [3.05, 3.63) is 28.2 Å². The Morgan fingerprint density at radius 2 is 1.81 bits per heavy atom. The van der Waals surface area contributed by atoms with Crippen LogP contribution in [0.3, 0.4) is 0 Å². The average Bonchev–Trinajstić information content (AvgIpc) is 2.37. The third-order valence-electron chi connectivity index (χ3n) is 2.89. The fraction of sp³-hybridized carbons (Fsp3) is 0.455. The number of halogens is 4. The number of rotatable bonds is 3. The summed E-state index contributed by atoms with van der Waals surface area (Å²) in [6.45, 7) is 1.56. The number of piperazine rings is 1. The highest BCUT2D eigenvalue weighted by molar-refractivity contribution is 9.10. The van der Waals surface area contributed by atoms with E-state index in [9.17, 15) is 21.6 Å². The third-order valence-corrected chi connectivity index (χ3v) is 4.88. The molecule has 0 atom stereocenters. The van der Waals surface area contributed by atoms with Gasteiger partial charge in [-0.25, -0.2) is 0 Å². The van der Waals surface area contributed by atoms with Crippen LogP contribution in [-0.2, 0) is 16.4 Å². The van der Waals surface area contributed by atoms with E-state index >= 15 is 0 Å². The molecular weight excluding hydrogens is 375 g/mol. The van der Waals surface area contributed by atoms with Gasteiger partial charge in [0.2, 0.25) is 0 Å². The van der Waals surface area contributed by atoms with Crippen LogP contribution < -0.4 is 10.0 Å². The van der Waals surface area contributed by atoms with E-state index in [1.807, 2.05) is 0 Å². The molecule has 1 saturated heterocycles. The van der Waals surface area contributed by atoms with Crippen molar-refractivity contribution in [1.82, 2.24) is 9.62 Å². The maximum atomic E-state index is 12.7. The summed E-state index contributed by atoms with van der Waals surface area (Å²) < 4.78 is 65.9. The second kappa shape index (κ2) is 6.11. The lowest BCUT2D eigenvalue weighted by atomic mass is 10.2. The van der Waals surface area contributed by atoms with Gasteiger partial charge in [0.25, 0.3) is 0 Å². The minimum Gasteiger partial charge on any atom is -0.314 e. The number of nitrogens with zero attached hydrogens (tertiary/aromatic N) is 1. The highest BCUT2D eigenvalue weighted by Crippen LogP contribution is 2.33. The maximum absolute atomic E-state index is 12.7. The summed E-state index contributed by atoms with van der Waals surface area (Å²) in [7, 11) is -3.86. The van der Waals surface area contributed by atoms with Gasteiger partial charge in [-0.05, 0) is 18.2 Å². The molecule has 0 spiro atoms. The van der Waals surface area contributed by atoms with E-state index < -0.39 is 21.9 Å². The normalized spacial score (nSPS) is 17.7. The van der Waals surface area contributed by atoms with Crippen LogP contribution in [0.25, 0.3) is 0 Å². The summed E-state index contributed by atoms with van der Waals surface area (Å²) in [6.07, 6.45) is -4.54. The summed E-state index contributed by atoms with van der Waals surface area (Å²) in [4.78, 5) is 0. The molecule has 0 unspecified atom stereocenters. The number of benzene rings is 1. The Labute approximate surface area is 128 Å². The van der Waals surface area contributed by atoms with Crippen LogP contribution in [0.5, 0.6) is 0 Å². The van der Waals surface area contributed by atoms with Gasteiger partial charge in [-0.3, -0.25) is 4.72 Å². The lowest BCUT2D eigenvalue weighted by molar-refractivity contribution is -0.137. The van der Waals surface area contributed by atoms with Crippen molar-refractivity contribution in [2.75, 3.05) is 30.9 Å². The van der Waals surface area contributed by atoms with Crippen molar-refractivity contribution in [3.63, 3.8) is 0 Å². The van der Waals surface area contributed by atoms with Crippen LogP contribution in [0.4, 0.5) is 18.9 Å². The fourth-order valence-electron chi connectivity index (χ4n) is 1.91. The van der Waals surface area contributed by atoms with Gasteiger partial charge in [0.15, 0.2) is 0 Å². The van der Waals surface area contributed by atoms with Crippen LogP contribution >= 0.6 is 15.9 Å². The van der Waals surface area contributed by atoms with E-state index in [1.54, 1.807) is 0 Å². The van der Waals surface area contributed by atoms with E-state index in [4.69, 9.17) is 0 Å². The molecule has 0 amide bonds. The molecular formula is C11H13BrF3N3O2S. The first-order chi connectivity index (χ1) is 9.68. The summed E-state index contributed by atoms with van der Waals surface area (Å²) in [5.74, 6) is 0. The Hall–Kier alpha value is -0.840. The van der Waals surface area contributed by atoms with Crippen molar-refractivity contribution in [2.45, 2.75) is 6.18 Å². The first-order valence-corrected chi connectivity index (χ1v) is 8.28. The van der Waals surface area contributed by atoms with Gasteiger partial charge in [-0.1, -0.05) is 15.9 Å². The lowest BCUT2D eigenvalue weighted by Crippen LogP contribution is -2.48. The Kier molecular flexibility index (Phi) is 4.81. The molecule has 1 aromatic rings. The second-order valence-electron chi connectivity index (χ2n) is 4.48.